The van der Waals surface area contributed by atoms with Gasteiger partial charge in [-0.15, -0.1) is 0 Å². The van der Waals surface area contributed by atoms with E-state index >= 15 is 0 Å². The van der Waals surface area contributed by atoms with Crippen LogP contribution < -0.4 is 0 Å². The van der Waals surface area contributed by atoms with Crippen molar-refractivity contribution >= 4 is 5.78 Å². The maximum absolute atomic E-state index is 12.9. The number of carbonyl (C=O) groups excluding carboxylic acids is 1. The molecule has 1 aliphatic carbocycles. The zero-order chi connectivity index (χ0) is 14.1. The average Bonchev–Trinajstić information content (AvgIpc) is 2.84. The lowest BCUT2D eigenvalue weighted by molar-refractivity contribution is -0.128. The minimum absolute atomic E-state index is 0.256. The molecule has 0 radical (unpaired) electrons. The minimum atomic E-state index is 0.256. The molecular formula is C18H31NO. The van der Waals surface area contributed by atoms with Crippen LogP contribution in [0.4, 0.5) is 0 Å². The van der Waals surface area contributed by atoms with Crippen LogP contribution in [-0.4, -0.2) is 28.8 Å². The third-order valence-electron chi connectivity index (χ3n) is 6.22. The van der Waals surface area contributed by atoms with E-state index in [1.807, 2.05) is 0 Å². The number of fused-ring (bicyclic) bond motifs is 3. The number of ketones is 1. The molecule has 0 spiro atoms. The molecule has 2 heteroatoms. The molecule has 2 nitrogen and oxygen atoms in total. The predicted molar refractivity (Wildman–Crippen MR) is 82.7 cm³/mol. The predicted octanol–water partition coefficient (Wildman–Crippen LogP) is 4.18. The molecule has 0 aromatic carbocycles. The van der Waals surface area contributed by atoms with E-state index in [1.165, 1.54) is 51.4 Å². The standard InChI is InChI=1S/C18H31NO/c1-13-8-4-3-5-9-14(2)19-16-11-7-6-10-15(16)12-17(19)18(13)20/h13-17H,3-12H2,1-2H3/t13?,14?,15-,16-,17-/m0/s1. The second-order valence-corrected chi connectivity index (χ2v) is 7.60. The fourth-order valence-corrected chi connectivity index (χ4v) is 5.08. The van der Waals surface area contributed by atoms with E-state index in [-0.39, 0.29) is 12.0 Å². The molecule has 0 aromatic heterocycles. The monoisotopic (exact) mass is 277 g/mol. The SMILES string of the molecule is CC1CCCCCC(C)N2[C@@H](C[C@@H]3CCCC[C@@H]32)C1=O. The maximum Gasteiger partial charge on any atom is 0.152 e. The summed E-state index contributed by atoms with van der Waals surface area (Å²) in [6, 6.07) is 1.59. The Kier molecular flexibility index (Phi) is 4.49. The van der Waals surface area contributed by atoms with Crippen molar-refractivity contribution in [2.75, 3.05) is 0 Å². The largest absolute Gasteiger partial charge is 0.298 e. The molecule has 2 unspecified atom stereocenters. The molecule has 0 aromatic rings. The average molecular weight is 277 g/mol. The van der Waals surface area contributed by atoms with Gasteiger partial charge in [-0.05, 0) is 44.9 Å². The van der Waals surface area contributed by atoms with Crippen LogP contribution >= 0.6 is 0 Å². The minimum Gasteiger partial charge on any atom is -0.298 e. The third kappa shape index (κ3) is 2.68. The van der Waals surface area contributed by atoms with Gasteiger partial charge in [0, 0.05) is 18.0 Å². The summed E-state index contributed by atoms with van der Waals surface area (Å²) >= 11 is 0. The Morgan fingerprint density at radius 3 is 2.45 bits per heavy atom. The summed E-state index contributed by atoms with van der Waals surface area (Å²) in [5.74, 6) is 1.66. The number of Topliss-reactive ketones (excluding diaryl/α,β-unsaturated/α-hetero) is 1. The third-order valence-corrected chi connectivity index (χ3v) is 6.22. The first kappa shape index (κ1) is 14.6. The summed E-state index contributed by atoms with van der Waals surface area (Å²) in [6.07, 6.45) is 13.0. The molecule has 0 amide bonds. The summed E-state index contributed by atoms with van der Waals surface area (Å²) in [4.78, 5) is 15.6. The molecule has 3 fully saturated rings. The molecule has 5 atom stereocenters. The highest BCUT2D eigenvalue weighted by Crippen LogP contribution is 2.42. The highest BCUT2D eigenvalue weighted by atomic mass is 16.1. The Morgan fingerprint density at radius 2 is 1.60 bits per heavy atom. The quantitative estimate of drug-likeness (QED) is 0.662. The normalized spacial score (nSPS) is 43.9. The topological polar surface area (TPSA) is 20.3 Å². The maximum atomic E-state index is 12.9. The number of hydrogen-bond donors (Lipinski definition) is 0. The van der Waals surface area contributed by atoms with E-state index in [4.69, 9.17) is 0 Å². The zero-order valence-electron chi connectivity index (χ0n) is 13.3. The van der Waals surface area contributed by atoms with Crippen molar-refractivity contribution in [2.45, 2.75) is 96.2 Å². The molecule has 2 saturated heterocycles. The fourth-order valence-electron chi connectivity index (χ4n) is 5.08. The van der Waals surface area contributed by atoms with Crippen LogP contribution in [0.5, 0.6) is 0 Å². The van der Waals surface area contributed by atoms with Gasteiger partial charge in [-0.3, -0.25) is 9.69 Å². The molecule has 3 rings (SSSR count). The fraction of sp³-hybridized carbons (Fsp3) is 0.944. The van der Waals surface area contributed by atoms with Gasteiger partial charge in [0.15, 0.2) is 5.78 Å². The molecule has 0 N–H and O–H groups in total. The van der Waals surface area contributed by atoms with Crippen LogP contribution in [0.25, 0.3) is 0 Å². The molecule has 114 valence electrons. The van der Waals surface area contributed by atoms with Gasteiger partial charge in [0.2, 0.25) is 0 Å². The van der Waals surface area contributed by atoms with Crippen molar-refractivity contribution in [3.8, 4) is 0 Å². The Bertz CT molecular complexity index is 353. The zero-order valence-corrected chi connectivity index (χ0v) is 13.3. The lowest BCUT2D eigenvalue weighted by atomic mass is 9.84. The highest BCUT2D eigenvalue weighted by Gasteiger charge is 2.47. The van der Waals surface area contributed by atoms with Gasteiger partial charge in [-0.25, -0.2) is 0 Å². The van der Waals surface area contributed by atoms with Crippen LogP contribution in [0.1, 0.15) is 78.1 Å². The van der Waals surface area contributed by atoms with Gasteiger partial charge >= 0.3 is 0 Å². The first-order chi connectivity index (χ1) is 9.68. The van der Waals surface area contributed by atoms with Crippen molar-refractivity contribution in [1.29, 1.82) is 0 Å². The summed E-state index contributed by atoms with van der Waals surface area (Å²) in [5.41, 5.74) is 0. The van der Waals surface area contributed by atoms with Gasteiger partial charge in [0.05, 0.1) is 6.04 Å². The molecule has 3 aliphatic rings. The number of hydrogen-bond acceptors (Lipinski definition) is 2. The Labute approximate surface area is 124 Å². The first-order valence-electron chi connectivity index (χ1n) is 8.99. The molecule has 1 saturated carbocycles. The van der Waals surface area contributed by atoms with Crippen molar-refractivity contribution in [1.82, 2.24) is 4.90 Å². The van der Waals surface area contributed by atoms with Gasteiger partial charge in [-0.2, -0.15) is 0 Å². The molecule has 20 heavy (non-hydrogen) atoms. The van der Waals surface area contributed by atoms with E-state index in [2.05, 4.69) is 18.7 Å². The summed E-state index contributed by atoms with van der Waals surface area (Å²) in [6.45, 7) is 4.55. The highest BCUT2D eigenvalue weighted by molar-refractivity contribution is 5.86. The van der Waals surface area contributed by atoms with Crippen LogP contribution in [0.15, 0.2) is 0 Å². The van der Waals surface area contributed by atoms with Gasteiger partial charge < -0.3 is 0 Å². The lowest BCUT2D eigenvalue weighted by Gasteiger charge is -2.39. The lowest BCUT2D eigenvalue weighted by Crippen LogP contribution is -2.48. The van der Waals surface area contributed by atoms with Gasteiger partial charge in [0.1, 0.15) is 0 Å². The number of nitrogens with zero attached hydrogens (tertiary/aromatic N) is 1. The van der Waals surface area contributed by atoms with Crippen molar-refractivity contribution in [3.63, 3.8) is 0 Å². The molecule has 2 aliphatic heterocycles. The Hall–Kier alpha value is -0.370. The second-order valence-electron chi connectivity index (χ2n) is 7.60. The van der Waals surface area contributed by atoms with Gasteiger partial charge in [0.25, 0.3) is 0 Å². The Morgan fingerprint density at radius 1 is 0.900 bits per heavy atom. The van der Waals surface area contributed by atoms with Crippen LogP contribution in [0.2, 0.25) is 0 Å². The van der Waals surface area contributed by atoms with E-state index in [9.17, 15) is 4.79 Å². The second kappa shape index (κ2) is 6.17. The molecule has 0 bridgehead atoms. The number of rotatable bonds is 0. The van der Waals surface area contributed by atoms with Crippen molar-refractivity contribution < 1.29 is 4.79 Å². The summed E-state index contributed by atoms with van der Waals surface area (Å²) in [5, 5.41) is 0. The van der Waals surface area contributed by atoms with Crippen LogP contribution in [0, 0.1) is 11.8 Å². The van der Waals surface area contributed by atoms with E-state index in [0.29, 0.717) is 11.8 Å². The van der Waals surface area contributed by atoms with E-state index < -0.39 is 0 Å². The Balaban J connectivity index is 1.84. The van der Waals surface area contributed by atoms with Crippen molar-refractivity contribution in [2.24, 2.45) is 11.8 Å². The first-order valence-corrected chi connectivity index (χ1v) is 8.99. The van der Waals surface area contributed by atoms with Gasteiger partial charge in [-0.1, -0.05) is 39.0 Å². The van der Waals surface area contributed by atoms with E-state index in [1.54, 1.807) is 0 Å². The summed E-state index contributed by atoms with van der Waals surface area (Å²) < 4.78 is 0. The van der Waals surface area contributed by atoms with Crippen molar-refractivity contribution in [3.05, 3.63) is 0 Å². The summed E-state index contributed by atoms with van der Waals surface area (Å²) in [7, 11) is 0. The van der Waals surface area contributed by atoms with Crippen LogP contribution in [0.3, 0.4) is 0 Å². The van der Waals surface area contributed by atoms with Crippen LogP contribution in [-0.2, 0) is 4.79 Å². The number of carbonyl (C=O) groups is 1. The smallest absolute Gasteiger partial charge is 0.152 e. The molecule has 2 heterocycles. The van der Waals surface area contributed by atoms with E-state index in [0.717, 1.165) is 24.8 Å². The molecular weight excluding hydrogens is 246 g/mol.